The smallest absolute Gasteiger partial charge is 0.224 e. The fourth-order valence-electron chi connectivity index (χ4n) is 3.48. The molecule has 0 bridgehead atoms. The van der Waals surface area contributed by atoms with Gasteiger partial charge < -0.3 is 9.47 Å². The summed E-state index contributed by atoms with van der Waals surface area (Å²) in [4.78, 5) is 18.6. The number of carbonyl (C=O) groups is 1. The summed E-state index contributed by atoms with van der Waals surface area (Å²) in [5.41, 5.74) is 1.46. The maximum Gasteiger partial charge on any atom is 0.224 e. The van der Waals surface area contributed by atoms with Gasteiger partial charge in [-0.2, -0.15) is 0 Å². The highest BCUT2D eigenvalue weighted by atomic mass is 16.2. The summed E-state index contributed by atoms with van der Waals surface area (Å²) in [7, 11) is 0. The van der Waals surface area contributed by atoms with E-state index in [-0.39, 0.29) is 17.4 Å². The molecule has 1 saturated heterocycles. The number of benzene rings is 1. The number of hydrogen-bond donors (Lipinski definition) is 0. The Bertz CT molecular complexity index is 643. The molecule has 1 aliphatic heterocycles. The van der Waals surface area contributed by atoms with Gasteiger partial charge in [0.25, 0.3) is 0 Å². The first-order valence-electron chi connectivity index (χ1n) is 8.33. The number of aromatic nitrogens is 2. The Labute approximate surface area is 138 Å². The van der Waals surface area contributed by atoms with Gasteiger partial charge in [0.1, 0.15) is 0 Å². The summed E-state index contributed by atoms with van der Waals surface area (Å²) in [6, 6.07) is 10.8. The lowest BCUT2D eigenvalue weighted by Crippen LogP contribution is -2.63. The molecule has 1 aromatic carbocycles. The Hall–Kier alpha value is -2.10. The van der Waals surface area contributed by atoms with Gasteiger partial charge in [-0.1, -0.05) is 44.2 Å². The largest absolute Gasteiger partial charge is 0.341 e. The summed E-state index contributed by atoms with van der Waals surface area (Å²) >= 11 is 0. The summed E-state index contributed by atoms with van der Waals surface area (Å²) in [6.45, 7) is 8.21. The molecule has 0 aliphatic carbocycles. The van der Waals surface area contributed by atoms with Gasteiger partial charge in [0, 0.05) is 43.4 Å². The van der Waals surface area contributed by atoms with Crippen molar-refractivity contribution in [2.45, 2.75) is 38.6 Å². The topological polar surface area (TPSA) is 38.1 Å². The molecule has 1 fully saturated rings. The Balaban J connectivity index is 1.65. The molecular weight excluding hydrogens is 286 g/mol. The molecule has 23 heavy (non-hydrogen) atoms. The Morgan fingerprint density at radius 3 is 2.48 bits per heavy atom. The first kappa shape index (κ1) is 15.8. The minimum atomic E-state index is 0.106. The van der Waals surface area contributed by atoms with Crippen LogP contribution in [0.2, 0.25) is 0 Å². The van der Waals surface area contributed by atoms with Crippen molar-refractivity contribution in [1.29, 1.82) is 0 Å². The van der Waals surface area contributed by atoms with E-state index in [2.05, 4.69) is 50.0 Å². The van der Waals surface area contributed by atoms with E-state index in [9.17, 15) is 4.79 Å². The highest BCUT2D eigenvalue weighted by Gasteiger charge is 2.48. The summed E-state index contributed by atoms with van der Waals surface area (Å²) in [5, 5.41) is 0. The zero-order valence-electron chi connectivity index (χ0n) is 14.1. The molecule has 0 N–H and O–H groups in total. The molecule has 1 aliphatic rings. The second kappa shape index (κ2) is 6.19. The second-order valence-electron chi connectivity index (χ2n) is 6.99. The molecule has 0 spiro atoms. The first-order chi connectivity index (χ1) is 11.0. The standard InChI is InChI=1S/C19H25N3O/c1-15(2)19(17-7-5-4-6-8-17)12-22(13-19)18(23)11-16(3)21-10-9-20-14-21/h4-10,14-16H,11-13H2,1-3H3. The minimum Gasteiger partial charge on any atom is -0.341 e. The third-order valence-corrected chi connectivity index (χ3v) is 5.26. The van der Waals surface area contributed by atoms with Crippen LogP contribution in [0.1, 0.15) is 38.8 Å². The van der Waals surface area contributed by atoms with Crippen LogP contribution in [0.3, 0.4) is 0 Å². The number of imidazole rings is 1. The molecular formula is C19H25N3O. The predicted molar refractivity (Wildman–Crippen MR) is 91.1 cm³/mol. The molecule has 2 heterocycles. The van der Waals surface area contributed by atoms with Crippen LogP contribution < -0.4 is 0 Å². The summed E-state index contributed by atoms with van der Waals surface area (Å²) in [5.74, 6) is 0.749. The van der Waals surface area contributed by atoms with Gasteiger partial charge in [0.05, 0.1) is 6.33 Å². The van der Waals surface area contributed by atoms with Gasteiger partial charge >= 0.3 is 0 Å². The second-order valence-corrected chi connectivity index (χ2v) is 6.99. The lowest BCUT2D eigenvalue weighted by atomic mass is 9.66. The zero-order valence-corrected chi connectivity index (χ0v) is 14.1. The average Bonchev–Trinajstić information content (AvgIpc) is 3.01. The van der Waals surface area contributed by atoms with Crippen LogP contribution in [0.15, 0.2) is 49.1 Å². The third kappa shape index (κ3) is 2.90. The van der Waals surface area contributed by atoms with Gasteiger partial charge in [0.2, 0.25) is 5.91 Å². The van der Waals surface area contributed by atoms with Gasteiger partial charge in [-0.15, -0.1) is 0 Å². The van der Waals surface area contributed by atoms with Crippen LogP contribution in [0.4, 0.5) is 0 Å². The van der Waals surface area contributed by atoms with Crippen LogP contribution in [0, 0.1) is 5.92 Å². The molecule has 2 aromatic rings. The monoisotopic (exact) mass is 311 g/mol. The van der Waals surface area contributed by atoms with E-state index >= 15 is 0 Å². The van der Waals surface area contributed by atoms with Crippen LogP contribution in [-0.4, -0.2) is 33.4 Å². The van der Waals surface area contributed by atoms with Crippen LogP contribution >= 0.6 is 0 Å². The minimum absolute atomic E-state index is 0.106. The first-order valence-corrected chi connectivity index (χ1v) is 8.33. The van der Waals surface area contributed by atoms with Crippen molar-refractivity contribution in [2.24, 2.45) is 5.92 Å². The van der Waals surface area contributed by atoms with Gasteiger partial charge in [-0.25, -0.2) is 4.98 Å². The lowest BCUT2D eigenvalue weighted by Gasteiger charge is -2.53. The van der Waals surface area contributed by atoms with Crippen molar-refractivity contribution in [3.63, 3.8) is 0 Å². The van der Waals surface area contributed by atoms with E-state index in [1.807, 2.05) is 21.7 Å². The molecule has 0 radical (unpaired) electrons. The number of hydrogen-bond acceptors (Lipinski definition) is 2. The van der Waals surface area contributed by atoms with E-state index in [4.69, 9.17) is 0 Å². The highest BCUT2D eigenvalue weighted by molar-refractivity contribution is 5.78. The van der Waals surface area contributed by atoms with Crippen molar-refractivity contribution in [3.05, 3.63) is 54.6 Å². The Morgan fingerprint density at radius 1 is 1.22 bits per heavy atom. The fraction of sp³-hybridized carbons (Fsp3) is 0.474. The van der Waals surface area contributed by atoms with Crippen molar-refractivity contribution in [3.8, 4) is 0 Å². The number of nitrogens with zero attached hydrogens (tertiary/aromatic N) is 3. The van der Waals surface area contributed by atoms with E-state index in [0.717, 1.165) is 13.1 Å². The normalized spacial score (nSPS) is 17.8. The molecule has 1 unspecified atom stereocenters. The van der Waals surface area contributed by atoms with Crippen LogP contribution in [0.25, 0.3) is 0 Å². The Kier molecular flexibility index (Phi) is 4.24. The van der Waals surface area contributed by atoms with E-state index in [0.29, 0.717) is 12.3 Å². The van der Waals surface area contributed by atoms with Gasteiger partial charge in [-0.05, 0) is 18.4 Å². The van der Waals surface area contributed by atoms with Crippen molar-refractivity contribution in [2.75, 3.05) is 13.1 Å². The van der Waals surface area contributed by atoms with E-state index < -0.39 is 0 Å². The molecule has 4 nitrogen and oxygen atoms in total. The molecule has 122 valence electrons. The number of likely N-dealkylation sites (tertiary alicyclic amines) is 1. The fourth-order valence-corrected chi connectivity index (χ4v) is 3.48. The maximum atomic E-state index is 12.6. The van der Waals surface area contributed by atoms with Crippen molar-refractivity contribution in [1.82, 2.24) is 14.5 Å². The average molecular weight is 311 g/mol. The summed E-state index contributed by atoms with van der Waals surface area (Å²) in [6.07, 6.45) is 5.97. The molecule has 1 aromatic heterocycles. The molecule has 0 saturated carbocycles. The lowest BCUT2D eigenvalue weighted by molar-refractivity contribution is -0.141. The molecule has 4 heteroatoms. The van der Waals surface area contributed by atoms with Crippen molar-refractivity contribution >= 4 is 5.91 Å². The van der Waals surface area contributed by atoms with Gasteiger partial charge in [0.15, 0.2) is 0 Å². The highest BCUT2D eigenvalue weighted by Crippen LogP contribution is 2.41. The zero-order chi connectivity index (χ0) is 16.4. The number of rotatable bonds is 5. The van der Waals surface area contributed by atoms with Gasteiger partial charge in [-0.3, -0.25) is 4.79 Å². The Morgan fingerprint density at radius 2 is 1.91 bits per heavy atom. The number of amides is 1. The van der Waals surface area contributed by atoms with Crippen molar-refractivity contribution < 1.29 is 4.79 Å². The summed E-state index contributed by atoms with van der Waals surface area (Å²) < 4.78 is 1.99. The van der Waals surface area contributed by atoms with E-state index in [1.165, 1.54) is 5.56 Å². The maximum absolute atomic E-state index is 12.6. The molecule has 1 atom stereocenters. The number of carbonyl (C=O) groups excluding carboxylic acids is 1. The molecule has 1 amide bonds. The van der Waals surface area contributed by atoms with Crippen LogP contribution in [-0.2, 0) is 10.2 Å². The van der Waals surface area contributed by atoms with E-state index in [1.54, 1.807) is 12.5 Å². The van der Waals surface area contributed by atoms with Crippen LogP contribution in [0.5, 0.6) is 0 Å². The predicted octanol–water partition coefficient (Wildman–Crippen LogP) is 3.27. The molecule has 3 rings (SSSR count). The SMILES string of the molecule is CC(CC(=O)N1CC(c2ccccc2)(C(C)C)C1)n1ccnc1. The third-order valence-electron chi connectivity index (χ3n) is 5.26. The quantitative estimate of drug-likeness (QED) is 0.850.